The molecule has 2 N–H and O–H groups in total. The van der Waals surface area contributed by atoms with Crippen LogP contribution in [0.5, 0.6) is 0 Å². The molecule has 3 aromatic heterocycles. The molecule has 2 aromatic carbocycles. The van der Waals surface area contributed by atoms with Crippen molar-refractivity contribution in [2.24, 2.45) is 19.2 Å². The fourth-order valence-electron chi connectivity index (χ4n) is 4.31. The van der Waals surface area contributed by atoms with Crippen LogP contribution < -0.4 is 16.4 Å². The second-order valence-corrected chi connectivity index (χ2v) is 10.6. The van der Waals surface area contributed by atoms with Crippen molar-refractivity contribution in [3.05, 3.63) is 92.2 Å². The molecule has 5 aromatic rings. The summed E-state index contributed by atoms with van der Waals surface area (Å²) in [4.78, 5) is 31.7. The lowest BCUT2D eigenvalue weighted by atomic mass is 10.1. The van der Waals surface area contributed by atoms with Crippen molar-refractivity contribution in [3.8, 4) is 17.2 Å². The Morgan fingerprint density at radius 3 is 2.19 bits per heavy atom. The van der Waals surface area contributed by atoms with Gasteiger partial charge in [0.1, 0.15) is 5.69 Å². The summed E-state index contributed by atoms with van der Waals surface area (Å²) in [6, 6.07) is 14.0. The van der Waals surface area contributed by atoms with Crippen LogP contribution in [0.25, 0.3) is 28.4 Å². The third-order valence-electron chi connectivity index (χ3n) is 6.30. The molecule has 0 radical (unpaired) electrons. The highest BCUT2D eigenvalue weighted by Gasteiger charge is 2.26. The van der Waals surface area contributed by atoms with Gasteiger partial charge in [0.05, 0.1) is 10.9 Å². The van der Waals surface area contributed by atoms with E-state index < -0.39 is 27.3 Å². The molecule has 1 atom stereocenters. The minimum absolute atomic E-state index is 0.0492. The molecule has 13 heteroatoms. The van der Waals surface area contributed by atoms with Gasteiger partial charge in [-0.2, -0.15) is 5.10 Å². The Balaban J connectivity index is 1.85. The average Bonchev–Trinajstić information content (AvgIpc) is 3.46. The summed E-state index contributed by atoms with van der Waals surface area (Å²) < 4.78 is 29.1. The Bertz CT molecular complexity index is 1880. The lowest BCUT2D eigenvalue weighted by Crippen LogP contribution is -2.40. The van der Waals surface area contributed by atoms with E-state index in [-0.39, 0.29) is 16.1 Å². The van der Waals surface area contributed by atoms with Gasteiger partial charge in [0, 0.05) is 31.0 Å². The number of primary sulfonamides is 1. The van der Waals surface area contributed by atoms with Crippen molar-refractivity contribution >= 4 is 32.8 Å². The number of benzene rings is 2. The molecule has 0 saturated carbocycles. The second kappa shape index (κ2) is 8.83. The molecule has 0 amide bonds. The highest BCUT2D eigenvalue weighted by atomic mass is 35.5. The van der Waals surface area contributed by atoms with Crippen LogP contribution in [-0.4, -0.2) is 36.9 Å². The Hall–Kier alpha value is -4.00. The fraction of sp³-hybridized carbons (Fsp3) is 0.167. The minimum atomic E-state index is -3.88. The minimum Gasteiger partial charge on any atom is -0.285 e. The van der Waals surface area contributed by atoms with Crippen LogP contribution in [0.2, 0.25) is 5.02 Å². The molecule has 0 aliphatic rings. The van der Waals surface area contributed by atoms with Gasteiger partial charge in [-0.15, -0.1) is 0 Å². The molecule has 0 bridgehead atoms. The molecule has 0 fully saturated rings. The predicted octanol–water partition coefficient (Wildman–Crippen LogP) is 2.20. The van der Waals surface area contributed by atoms with Crippen molar-refractivity contribution in [1.82, 2.24) is 28.5 Å². The zero-order valence-electron chi connectivity index (χ0n) is 20.0. The highest BCUT2D eigenvalue weighted by Crippen LogP contribution is 2.29. The highest BCUT2D eigenvalue weighted by molar-refractivity contribution is 7.89. The molecule has 0 saturated heterocycles. The molecule has 11 nitrogen and oxygen atoms in total. The molecular weight excluding hydrogens is 518 g/mol. The summed E-state index contributed by atoms with van der Waals surface area (Å²) >= 11 is 6.11. The Morgan fingerprint density at radius 2 is 1.62 bits per heavy atom. The maximum atomic E-state index is 13.5. The van der Waals surface area contributed by atoms with Gasteiger partial charge in [-0.1, -0.05) is 23.7 Å². The first-order chi connectivity index (χ1) is 17.5. The number of aryl methyl sites for hydroxylation is 1. The van der Waals surface area contributed by atoms with Crippen molar-refractivity contribution in [1.29, 1.82) is 0 Å². The largest absolute Gasteiger partial charge is 0.333 e. The molecular formula is C24H22ClN7O4S. The van der Waals surface area contributed by atoms with Gasteiger partial charge in [0.25, 0.3) is 5.56 Å². The van der Waals surface area contributed by atoms with E-state index >= 15 is 0 Å². The third-order valence-corrected chi connectivity index (χ3v) is 7.48. The molecule has 0 aliphatic heterocycles. The van der Waals surface area contributed by atoms with Crippen LogP contribution >= 0.6 is 11.6 Å². The topological polar surface area (TPSA) is 140 Å². The van der Waals surface area contributed by atoms with Crippen LogP contribution in [0.4, 0.5) is 0 Å². The van der Waals surface area contributed by atoms with Crippen molar-refractivity contribution in [2.75, 3.05) is 0 Å². The monoisotopic (exact) mass is 539 g/mol. The molecule has 190 valence electrons. The van der Waals surface area contributed by atoms with Gasteiger partial charge >= 0.3 is 5.69 Å². The smallest absolute Gasteiger partial charge is 0.285 e. The number of hydrogen-bond acceptors (Lipinski definition) is 6. The predicted molar refractivity (Wildman–Crippen MR) is 139 cm³/mol. The maximum Gasteiger partial charge on any atom is 0.333 e. The van der Waals surface area contributed by atoms with Gasteiger partial charge in [0.2, 0.25) is 10.0 Å². The van der Waals surface area contributed by atoms with E-state index in [2.05, 4.69) is 5.10 Å². The zero-order chi connectivity index (χ0) is 26.6. The maximum absolute atomic E-state index is 13.5. The van der Waals surface area contributed by atoms with Gasteiger partial charge in [-0.3, -0.25) is 23.2 Å². The Kier molecular flexibility index (Phi) is 5.89. The third kappa shape index (κ3) is 4.08. The molecule has 0 aliphatic carbocycles. The molecule has 37 heavy (non-hydrogen) atoms. The number of nitrogens with zero attached hydrogens (tertiary/aromatic N) is 6. The van der Waals surface area contributed by atoms with Crippen LogP contribution in [0, 0.1) is 0 Å². The van der Waals surface area contributed by atoms with E-state index in [1.165, 1.54) is 23.7 Å². The molecule has 5 rings (SSSR count). The van der Waals surface area contributed by atoms with Crippen molar-refractivity contribution in [2.45, 2.75) is 17.9 Å². The first-order valence-electron chi connectivity index (χ1n) is 11.1. The summed E-state index contributed by atoms with van der Waals surface area (Å²) in [5.41, 5.74) is 1.13. The summed E-state index contributed by atoms with van der Waals surface area (Å²) in [6.07, 6.45) is 1.61. The SMILES string of the molecule is C[C@@H](c1ccc(S(N)(=O)=O)cc1)n1c(=O)n(C)c(=O)c2c1nc(-c1ccnn1C)n2-c1ccc(Cl)cc1. The number of imidazole rings is 1. The van der Waals surface area contributed by atoms with Crippen LogP contribution in [-0.2, 0) is 24.1 Å². The van der Waals surface area contributed by atoms with E-state index in [0.29, 0.717) is 27.8 Å². The van der Waals surface area contributed by atoms with Gasteiger partial charge < -0.3 is 0 Å². The Morgan fingerprint density at radius 1 is 0.973 bits per heavy atom. The Labute approximate surface area is 216 Å². The number of nitrogens with two attached hydrogens (primary N) is 1. The van der Waals surface area contributed by atoms with E-state index in [1.54, 1.807) is 71.9 Å². The summed E-state index contributed by atoms with van der Waals surface area (Å²) in [7, 11) is -0.723. The van der Waals surface area contributed by atoms with Crippen LogP contribution in [0.1, 0.15) is 18.5 Å². The summed E-state index contributed by atoms with van der Waals surface area (Å²) in [5.74, 6) is 0.408. The van der Waals surface area contributed by atoms with Crippen molar-refractivity contribution < 1.29 is 8.42 Å². The lowest BCUT2D eigenvalue weighted by molar-refractivity contribution is 0.579. The van der Waals surface area contributed by atoms with E-state index in [1.807, 2.05) is 0 Å². The van der Waals surface area contributed by atoms with E-state index in [4.69, 9.17) is 21.7 Å². The number of rotatable bonds is 5. The summed E-state index contributed by atoms with van der Waals surface area (Å²) in [6.45, 7) is 1.77. The van der Waals surface area contributed by atoms with E-state index in [0.717, 1.165) is 4.57 Å². The standard InChI is InChI=1S/C24H22ClN7O4S/c1-14(15-4-10-18(11-5-15)37(26,35)36)31-22-20(23(33)29(2)24(31)34)32(17-8-6-16(25)7-9-17)21(28-22)19-12-13-27-30(19)3/h4-14H,1-3H3,(H2,26,35,36)/t14-/m0/s1. The lowest BCUT2D eigenvalue weighted by Gasteiger charge is -2.18. The first kappa shape index (κ1) is 24.7. The normalized spacial score (nSPS) is 12.8. The molecule has 0 unspecified atom stereocenters. The van der Waals surface area contributed by atoms with Crippen molar-refractivity contribution in [3.63, 3.8) is 0 Å². The number of aromatic nitrogens is 6. The number of sulfonamides is 1. The van der Waals surface area contributed by atoms with Gasteiger partial charge in [-0.25, -0.2) is 23.3 Å². The summed E-state index contributed by atoms with van der Waals surface area (Å²) in [5, 5.41) is 9.98. The van der Waals surface area contributed by atoms with Gasteiger partial charge in [0.15, 0.2) is 17.0 Å². The number of hydrogen-bond donors (Lipinski definition) is 1. The fourth-order valence-corrected chi connectivity index (χ4v) is 4.95. The van der Waals surface area contributed by atoms with Gasteiger partial charge in [-0.05, 0) is 55.0 Å². The molecule has 0 spiro atoms. The zero-order valence-corrected chi connectivity index (χ0v) is 21.6. The van der Waals surface area contributed by atoms with E-state index in [9.17, 15) is 18.0 Å². The van der Waals surface area contributed by atoms with Crippen LogP contribution in [0.3, 0.4) is 0 Å². The van der Waals surface area contributed by atoms with Crippen LogP contribution in [0.15, 0.2) is 75.3 Å². The first-order valence-corrected chi connectivity index (χ1v) is 13.0. The number of halogens is 1. The average molecular weight is 540 g/mol. The number of fused-ring (bicyclic) bond motifs is 1. The second-order valence-electron chi connectivity index (χ2n) is 8.57. The quantitative estimate of drug-likeness (QED) is 0.363. The molecule has 3 heterocycles.